The number of rotatable bonds is 5. The van der Waals surface area contributed by atoms with Gasteiger partial charge in [0.25, 0.3) is 5.91 Å². The van der Waals surface area contributed by atoms with Gasteiger partial charge in [-0.15, -0.1) is 0 Å². The maximum atomic E-state index is 12.7. The predicted octanol–water partition coefficient (Wildman–Crippen LogP) is 5.10. The van der Waals surface area contributed by atoms with Gasteiger partial charge in [-0.3, -0.25) is 9.59 Å². The summed E-state index contributed by atoms with van der Waals surface area (Å²) in [5.41, 5.74) is 3.98. The molecular formula is C23H19ClN4O3. The molecule has 0 unspecified atom stereocenters. The number of aromatic amines is 1. The van der Waals surface area contributed by atoms with Crippen LogP contribution in [-0.4, -0.2) is 28.9 Å². The Morgan fingerprint density at radius 1 is 1.03 bits per heavy atom. The van der Waals surface area contributed by atoms with Crippen LogP contribution >= 0.6 is 11.6 Å². The molecule has 2 heterocycles. The summed E-state index contributed by atoms with van der Waals surface area (Å²) in [4.78, 5) is 31.6. The zero-order valence-corrected chi connectivity index (χ0v) is 17.6. The molecule has 3 N–H and O–H groups in total. The summed E-state index contributed by atoms with van der Waals surface area (Å²) in [6, 6.07) is 16.1. The van der Waals surface area contributed by atoms with Gasteiger partial charge in [0.15, 0.2) is 0 Å². The van der Waals surface area contributed by atoms with Crippen molar-refractivity contribution in [3.05, 3.63) is 71.4 Å². The molecule has 0 aliphatic rings. The smallest absolute Gasteiger partial charge is 0.257 e. The third-order valence-corrected chi connectivity index (χ3v) is 4.97. The van der Waals surface area contributed by atoms with E-state index in [2.05, 4.69) is 20.6 Å². The predicted molar refractivity (Wildman–Crippen MR) is 122 cm³/mol. The summed E-state index contributed by atoms with van der Waals surface area (Å²) in [6.07, 6.45) is 1.57. The van der Waals surface area contributed by atoms with E-state index in [1.54, 1.807) is 24.4 Å². The van der Waals surface area contributed by atoms with Crippen molar-refractivity contribution in [1.29, 1.82) is 0 Å². The Morgan fingerprint density at radius 2 is 1.87 bits per heavy atom. The molecule has 8 heteroatoms. The second-order valence-electron chi connectivity index (χ2n) is 6.91. The van der Waals surface area contributed by atoms with Gasteiger partial charge in [0.2, 0.25) is 5.91 Å². The van der Waals surface area contributed by atoms with E-state index >= 15 is 0 Å². The van der Waals surface area contributed by atoms with E-state index in [0.29, 0.717) is 33.4 Å². The van der Waals surface area contributed by atoms with Gasteiger partial charge in [-0.05, 0) is 42.5 Å². The van der Waals surface area contributed by atoms with Gasteiger partial charge in [-0.2, -0.15) is 0 Å². The third-order valence-electron chi connectivity index (χ3n) is 4.64. The van der Waals surface area contributed by atoms with Gasteiger partial charge >= 0.3 is 0 Å². The molecule has 0 radical (unpaired) electrons. The van der Waals surface area contributed by atoms with E-state index in [1.165, 1.54) is 14.0 Å². The largest absolute Gasteiger partial charge is 0.497 e. The van der Waals surface area contributed by atoms with Gasteiger partial charge in [-0.25, -0.2) is 4.98 Å². The molecule has 2 aromatic carbocycles. The van der Waals surface area contributed by atoms with E-state index in [0.717, 1.165) is 16.6 Å². The number of halogens is 1. The van der Waals surface area contributed by atoms with Crippen molar-refractivity contribution in [2.45, 2.75) is 6.92 Å². The Labute approximate surface area is 183 Å². The van der Waals surface area contributed by atoms with Crippen molar-refractivity contribution in [2.75, 3.05) is 17.7 Å². The minimum absolute atomic E-state index is 0.132. The summed E-state index contributed by atoms with van der Waals surface area (Å²) in [5.74, 6) is 0.0516. The zero-order valence-electron chi connectivity index (χ0n) is 16.8. The van der Waals surface area contributed by atoms with Crippen LogP contribution < -0.4 is 15.4 Å². The van der Waals surface area contributed by atoms with Crippen LogP contribution in [0.4, 0.5) is 11.4 Å². The molecule has 31 heavy (non-hydrogen) atoms. The van der Waals surface area contributed by atoms with Gasteiger partial charge in [-0.1, -0.05) is 23.7 Å². The lowest BCUT2D eigenvalue weighted by atomic mass is 10.1. The molecule has 0 aliphatic carbocycles. The Kier molecular flexibility index (Phi) is 5.60. The van der Waals surface area contributed by atoms with E-state index in [1.807, 2.05) is 36.4 Å². The first-order chi connectivity index (χ1) is 14.9. The fraction of sp³-hybridized carbons (Fsp3) is 0.0870. The van der Waals surface area contributed by atoms with Crippen molar-refractivity contribution in [3.8, 4) is 17.0 Å². The van der Waals surface area contributed by atoms with Gasteiger partial charge in [0.1, 0.15) is 11.4 Å². The quantitative estimate of drug-likeness (QED) is 0.407. The molecule has 2 aromatic heterocycles. The molecule has 4 aromatic rings. The Morgan fingerprint density at radius 3 is 2.65 bits per heavy atom. The lowest BCUT2D eigenvalue weighted by molar-refractivity contribution is -0.114. The van der Waals surface area contributed by atoms with Crippen LogP contribution in [0.3, 0.4) is 0 Å². The van der Waals surface area contributed by atoms with Crippen LogP contribution in [0.2, 0.25) is 5.02 Å². The van der Waals surface area contributed by atoms with Gasteiger partial charge in [0, 0.05) is 29.3 Å². The van der Waals surface area contributed by atoms with Crippen LogP contribution in [0.5, 0.6) is 5.75 Å². The molecule has 0 saturated heterocycles. The minimum Gasteiger partial charge on any atom is -0.497 e. The zero-order chi connectivity index (χ0) is 22.0. The number of hydrogen-bond acceptors (Lipinski definition) is 4. The van der Waals surface area contributed by atoms with Crippen LogP contribution in [-0.2, 0) is 4.79 Å². The average Bonchev–Trinajstić information content (AvgIpc) is 3.17. The van der Waals surface area contributed by atoms with Gasteiger partial charge in [0.05, 0.1) is 29.6 Å². The summed E-state index contributed by atoms with van der Waals surface area (Å²) >= 11 is 6.16. The third kappa shape index (κ3) is 4.51. The van der Waals surface area contributed by atoms with Crippen molar-refractivity contribution in [1.82, 2.24) is 9.97 Å². The summed E-state index contributed by atoms with van der Waals surface area (Å²) in [5, 5.41) is 6.75. The first kappa shape index (κ1) is 20.4. The highest BCUT2D eigenvalue weighted by atomic mass is 35.5. The number of amides is 2. The maximum Gasteiger partial charge on any atom is 0.257 e. The molecule has 156 valence electrons. The van der Waals surface area contributed by atoms with Crippen molar-refractivity contribution in [3.63, 3.8) is 0 Å². The number of hydrogen-bond donors (Lipinski definition) is 3. The number of pyridine rings is 1. The number of carbonyl (C=O) groups excluding carboxylic acids is 2. The number of H-pyrrole nitrogens is 1. The van der Waals surface area contributed by atoms with Crippen molar-refractivity contribution >= 4 is 45.8 Å². The SMILES string of the molecule is COc1ccc(Cl)c(C(=O)Nc2cnc3[nH]c(-c4cccc(NC(C)=O)c4)cc3c2)c1. The van der Waals surface area contributed by atoms with Crippen LogP contribution in [0.1, 0.15) is 17.3 Å². The van der Waals surface area contributed by atoms with E-state index in [-0.39, 0.29) is 11.8 Å². The second kappa shape index (κ2) is 8.49. The normalized spacial score (nSPS) is 10.7. The monoisotopic (exact) mass is 434 g/mol. The lowest BCUT2D eigenvalue weighted by Crippen LogP contribution is -2.12. The number of aromatic nitrogens is 2. The molecule has 0 atom stereocenters. The van der Waals surface area contributed by atoms with Crippen molar-refractivity contribution in [2.24, 2.45) is 0 Å². The van der Waals surface area contributed by atoms with Crippen molar-refractivity contribution < 1.29 is 14.3 Å². The summed E-state index contributed by atoms with van der Waals surface area (Å²) < 4.78 is 5.16. The maximum absolute atomic E-state index is 12.7. The van der Waals surface area contributed by atoms with E-state index in [9.17, 15) is 9.59 Å². The minimum atomic E-state index is -0.358. The standard InChI is InChI=1S/C23H19ClN4O3/c1-13(29)26-16-5-3-4-14(8-16)21-10-15-9-17(12-25-22(15)28-21)27-23(30)19-11-18(31-2)6-7-20(19)24/h3-12H,1-2H3,(H,25,28)(H,26,29)(H,27,30). The molecule has 2 amide bonds. The topological polar surface area (TPSA) is 96.1 Å². The summed E-state index contributed by atoms with van der Waals surface area (Å²) in [7, 11) is 1.53. The number of anilines is 2. The molecule has 0 bridgehead atoms. The number of nitrogens with zero attached hydrogens (tertiary/aromatic N) is 1. The first-order valence-electron chi connectivity index (χ1n) is 9.44. The number of carbonyl (C=O) groups is 2. The number of methoxy groups -OCH3 is 1. The van der Waals surface area contributed by atoms with Crippen LogP contribution in [0, 0.1) is 0 Å². The molecular weight excluding hydrogens is 416 g/mol. The molecule has 7 nitrogen and oxygen atoms in total. The number of fused-ring (bicyclic) bond motifs is 1. The average molecular weight is 435 g/mol. The molecule has 0 fully saturated rings. The molecule has 0 spiro atoms. The van der Waals surface area contributed by atoms with Gasteiger partial charge < -0.3 is 20.4 Å². The Bertz CT molecular complexity index is 1300. The lowest BCUT2D eigenvalue weighted by Gasteiger charge is -2.08. The van der Waals surface area contributed by atoms with E-state index < -0.39 is 0 Å². The molecule has 4 rings (SSSR count). The number of benzene rings is 2. The first-order valence-corrected chi connectivity index (χ1v) is 9.82. The second-order valence-corrected chi connectivity index (χ2v) is 7.31. The summed E-state index contributed by atoms with van der Waals surface area (Å²) in [6.45, 7) is 1.47. The van der Waals surface area contributed by atoms with Crippen LogP contribution in [0.25, 0.3) is 22.3 Å². The molecule has 0 saturated carbocycles. The Balaban J connectivity index is 1.60. The Hall–Kier alpha value is -3.84. The number of ether oxygens (including phenoxy) is 1. The fourth-order valence-corrected chi connectivity index (χ4v) is 3.41. The fourth-order valence-electron chi connectivity index (χ4n) is 3.21. The highest BCUT2D eigenvalue weighted by Crippen LogP contribution is 2.28. The molecule has 0 aliphatic heterocycles. The van der Waals surface area contributed by atoms with Crippen LogP contribution in [0.15, 0.2) is 60.8 Å². The highest BCUT2D eigenvalue weighted by Gasteiger charge is 2.13. The number of nitrogens with one attached hydrogen (secondary N) is 3. The highest BCUT2D eigenvalue weighted by molar-refractivity contribution is 6.34. The van der Waals surface area contributed by atoms with E-state index in [4.69, 9.17) is 16.3 Å².